The topological polar surface area (TPSA) is 39.7 Å². The summed E-state index contributed by atoms with van der Waals surface area (Å²) in [6.07, 6.45) is 4.09. The van der Waals surface area contributed by atoms with Crippen LogP contribution in [-0.4, -0.2) is 51.2 Å². The highest BCUT2D eigenvalue weighted by Gasteiger charge is 2.42. The predicted octanol–water partition coefficient (Wildman–Crippen LogP) is 1.97. The molecule has 4 heteroatoms. The van der Waals surface area contributed by atoms with Crippen LogP contribution in [0.5, 0.6) is 0 Å². The minimum atomic E-state index is 0.180. The fourth-order valence-corrected chi connectivity index (χ4v) is 2.44. The highest BCUT2D eigenvalue weighted by molar-refractivity contribution is 4.97. The van der Waals surface area contributed by atoms with Crippen molar-refractivity contribution < 1.29 is 14.2 Å². The molecule has 0 radical (unpaired) electrons. The molecule has 4 unspecified atom stereocenters. The van der Waals surface area contributed by atoms with Gasteiger partial charge in [-0.3, -0.25) is 0 Å². The quantitative estimate of drug-likeness (QED) is 0.609. The second kappa shape index (κ2) is 8.86. The Balaban J connectivity index is 2.32. The first kappa shape index (κ1) is 15.9. The Morgan fingerprint density at radius 2 is 2.06 bits per heavy atom. The first-order chi connectivity index (χ1) is 8.72. The third-order valence-electron chi connectivity index (χ3n) is 3.42. The fourth-order valence-electron chi connectivity index (χ4n) is 2.44. The first-order valence-electron chi connectivity index (χ1n) is 7.22. The largest absolute Gasteiger partial charge is 0.382 e. The van der Waals surface area contributed by atoms with Gasteiger partial charge in [-0.15, -0.1) is 0 Å². The highest BCUT2D eigenvalue weighted by atomic mass is 16.6. The van der Waals surface area contributed by atoms with Crippen molar-refractivity contribution in [3.05, 3.63) is 0 Å². The number of rotatable bonds is 10. The average Bonchev–Trinajstić information content (AvgIpc) is 2.33. The van der Waals surface area contributed by atoms with Crippen LogP contribution >= 0.6 is 0 Å². The van der Waals surface area contributed by atoms with E-state index in [-0.39, 0.29) is 12.2 Å². The maximum absolute atomic E-state index is 6.04. The molecule has 0 aliphatic heterocycles. The van der Waals surface area contributed by atoms with E-state index in [2.05, 4.69) is 26.1 Å². The number of hydrogen-bond donors (Lipinski definition) is 1. The molecule has 4 atom stereocenters. The van der Waals surface area contributed by atoms with Gasteiger partial charge in [0.2, 0.25) is 0 Å². The second-order valence-corrected chi connectivity index (χ2v) is 5.00. The van der Waals surface area contributed by atoms with Crippen molar-refractivity contribution in [3.8, 4) is 0 Å². The van der Waals surface area contributed by atoms with E-state index in [1.165, 1.54) is 6.42 Å². The molecule has 1 saturated carbocycles. The van der Waals surface area contributed by atoms with Crippen LogP contribution in [0.4, 0.5) is 0 Å². The zero-order valence-electron chi connectivity index (χ0n) is 12.3. The minimum Gasteiger partial charge on any atom is -0.382 e. The Hall–Kier alpha value is -0.160. The lowest BCUT2D eigenvalue weighted by Crippen LogP contribution is -2.60. The Bertz CT molecular complexity index is 213. The van der Waals surface area contributed by atoms with Gasteiger partial charge in [-0.1, -0.05) is 20.3 Å². The summed E-state index contributed by atoms with van der Waals surface area (Å²) >= 11 is 0. The van der Waals surface area contributed by atoms with E-state index in [1.807, 2.05) is 0 Å². The molecule has 1 rings (SSSR count). The van der Waals surface area contributed by atoms with Gasteiger partial charge in [0.25, 0.3) is 0 Å². The van der Waals surface area contributed by atoms with Gasteiger partial charge in [0.05, 0.1) is 31.5 Å². The minimum absolute atomic E-state index is 0.180. The summed E-state index contributed by atoms with van der Waals surface area (Å²) < 4.78 is 16.9. The van der Waals surface area contributed by atoms with Crippen LogP contribution in [0.3, 0.4) is 0 Å². The van der Waals surface area contributed by atoms with Crippen molar-refractivity contribution >= 4 is 0 Å². The van der Waals surface area contributed by atoms with Gasteiger partial charge in [0.1, 0.15) is 0 Å². The molecule has 0 aromatic rings. The summed E-state index contributed by atoms with van der Waals surface area (Å²) in [5.74, 6) is 0. The Morgan fingerprint density at radius 3 is 2.67 bits per heavy atom. The Morgan fingerprint density at radius 1 is 1.28 bits per heavy atom. The van der Waals surface area contributed by atoms with Crippen LogP contribution in [0.1, 0.15) is 40.0 Å². The van der Waals surface area contributed by atoms with Crippen LogP contribution < -0.4 is 5.32 Å². The van der Waals surface area contributed by atoms with Crippen molar-refractivity contribution in [2.24, 2.45) is 0 Å². The summed E-state index contributed by atoms with van der Waals surface area (Å²) in [4.78, 5) is 0. The number of ether oxygens (including phenoxy) is 3. The molecule has 0 aromatic heterocycles. The average molecular weight is 259 g/mol. The number of hydrogen-bond acceptors (Lipinski definition) is 4. The molecular formula is C14H29NO3. The van der Waals surface area contributed by atoms with Crippen LogP contribution in [0.15, 0.2) is 0 Å². The molecule has 1 aliphatic rings. The molecule has 108 valence electrons. The fraction of sp³-hybridized carbons (Fsp3) is 1.00. The lowest BCUT2D eigenvalue weighted by Gasteiger charge is -2.45. The van der Waals surface area contributed by atoms with E-state index in [4.69, 9.17) is 14.2 Å². The van der Waals surface area contributed by atoms with Crippen molar-refractivity contribution in [1.29, 1.82) is 0 Å². The van der Waals surface area contributed by atoms with E-state index in [0.29, 0.717) is 25.4 Å². The van der Waals surface area contributed by atoms with Gasteiger partial charge < -0.3 is 19.5 Å². The number of likely N-dealkylation sites (N-methyl/N-ethyl adjacent to an activating group) is 1. The smallest absolute Gasteiger partial charge is 0.0991 e. The zero-order chi connectivity index (χ0) is 13.4. The summed E-state index contributed by atoms with van der Waals surface area (Å²) in [5.41, 5.74) is 0. The van der Waals surface area contributed by atoms with Gasteiger partial charge >= 0.3 is 0 Å². The predicted molar refractivity (Wildman–Crippen MR) is 72.9 cm³/mol. The number of nitrogens with one attached hydrogen (secondary N) is 1. The van der Waals surface area contributed by atoms with E-state index < -0.39 is 0 Å². The van der Waals surface area contributed by atoms with Crippen molar-refractivity contribution in [2.45, 2.75) is 64.4 Å². The normalized spacial score (nSPS) is 29.0. The maximum Gasteiger partial charge on any atom is 0.0991 e. The maximum atomic E-state index is 6.04. The first-order valence-corrected chi connectivity index (χ1v) is 7.22. The third kappa shape index (κ3) is 4.84. The molecular weight excluding hydrogens is 230 g/mol. The van der Waals surface area contributed by atoms with Gasteiger partial charge in [-0.25, -0.2) is 0 Å². The number of methoxy groups -OCH3 is 1. The van der Waals surface area contributed by atoms with Crippen LogP contribution in [0, 0.1) is 0 Å². The van der Waals surface area contributed by atoms with Crippen molar-refractivity contribution in [3.63, 3.8) is 0 Å². The molecule has 0 saturated heterocycles. The zero-order valence-corrected chi connectivity index (χ0v) is 12.3. The molecule has 1 aliphatic carbocycles. The van der Waals surface area contributed by atoms with E-state index in [9.17, 15) is 0 Å². The Labute approximate surface area is 111 Å². The molecule has 0 bridgehead atoms. The van der Waals surface area contributed by atoms with E-state index in [1.54, 1.807) is 7.11 Å². The molecule has 0 amide bonds. The van der Waals surface area contributed by atoms with Gasteiger partial charge in [-0.2, -0.15) is 0 Å². The van der Waals surface area contributed by atoms with Crippen molar-refractivity contribution in [1.82, 2.24) is 5.32 Å². The van der Waals surface area contributed by atoms with Crippen molar-refractivity contribution in [2.75, 3.05) is 26.9 Å². The molecule has 1 N–H and O–H groups in total. The standard InChI is InChI=1S/C14H29NO3/c1-5-7-11(3)18-13-10-12(15-6-2)14(13)17-9-8-16-4/h11-15H,5-10H2,1-4H3. The lowest BCUT2D eigenvalue weighted by molar-refractivity contribution is -0.169. The molecule has 0 heterocycles. The molecule has 0 aromatic carbocycles. The molecule has 1 fully saturated rings. The van der Waals surface area contributed by atoms with Gasteiger partial charge in [0.15, 0.2) is 0 Å². The van der Waals surface area contributed by atoms with Crippen LogP contribution in [0.25, 0.3) is 0 Å². The summed E-state index contributed by atoms with van der Waals surface area (Å²) in [5, 5.41) is 3.45. The molecule has 18 heavy (non-hydrogen) atoms. The monoisotopic (exact) mass is 259 g/mol. The summed E-state index contributed by atoms with van der Waals surface area (Å²) in [6, 6.07) is 0.436. The van der Waals surface area contributed by atoms with Gasteiger partial charge in [0, 0.05) is 13.2 Å². The molecule has 4 nitrogen and oxygen atoms in total. The highest BCUT2D eigenvalue weighted by Crippen LogP contribution is 2.29. The van der Waals surface area contributed by atoms with Gasteiger partial charge in [-0.05, 0) is 26.3 Å². The second-order valence-electron chi connectivity index (χ2n) is 5.00. The Kier molecular flexibility index (Phi) is 7.82. The van der Waals surface area contributed by atoms with E-state index in [0.717, 1.165) is 19.4 Å². The SMILES string of the molecule is CCCC(C)OC1CC(NCC)C1OCCOC. The van der Waals surface area contributed by atoms with E-state index >= 15 is 0 Å². The van der Waals surface area contributed by atoms with Crippen LogP contribution in [0.2, 0.25) is 0 Å². The summed E-state index contributed by atoms with van der Waals surface area (Å²) in [7, 11) is 1.70. The summed E-state index contributed by atoms with van der Waals surface area (Å²) in [6.45, 7) is 8.73. The third-order valence-corrected chi connectivity index (χ3v) is 3.42. The lowest BCUT2D eigenvalue weighted by atomic mass is 9.85. The van der Waals surface area contributed by atoms with Crippen LogP contribution in [-0.2, 0) is 14.2 Å². The molecule has 0 spiro atoms.